The molecule has 0 saturated carbocycles. The number of carbonyl (C=O) groups is 3. The van der Waals surface area contributed by atoms with Crippen molar-refractivity contribution in [2.45, 2.75) is 57.0 Å². The van der Waals surface area contributed by atoms with Gasteiger partial charge in [0.05, 0.1) is 4.91 Å². The Kier molecular flexibility index (Phi) is 5.70. The van der Waals surface area contributed by atoms with Gasteiger partial charge in [0.15, 0.2) is 0 Å². The molecule has 33 heavy (non-hydrogen) atoms. The summed E-state index contributed by atoms with van der Waals surface area (Å²) in [5, 5.41) is 2.32. The monoisotopic (exact) mass is 469 g/mol. The van der Waals surface area contributed by atoms with Gasteiger partial charge in [0.2, 0.25) is 21.8 Å². The van der Waals surface area contributed by atoms with Crippen LogP contribution in [0.4, 0.5) is 0 Å². The highest BCUT2D eigenvalue weighted by Crippen LogP contribution is 2.35. The quantitative estimate of drug-likeness (QED) is 0.681. The number of hydrogen-bond acceptors (Lipinski definition) is 5. The molecule has 1 aliphatic carbocycles. The van der Waals surface area contributed by atoms with E-state index in [1.165, 1.54) is 0 Å². The van der Waals surface area contributed by atoms with Crippen LogP contribution in [-0.4, -0.2) is 54.5 Å². The fourth-order valence-corrected chi connectivity index (χ4v) is 6.79. The van der Waals surface area contributed by atoms with Crippen molar-refractivity contribution in [2.75, 3.05) is 13.1 Å². The molecule has 2 fully saturated rings. The Morgan fingerprint density at radius 1 is 1.00 bits per heavy atom. The molecule has 5 rings (SSSR count). The molecule has 9 heteroatoms. The maximum absolute atomic E-state index is 12.9. The number of amides is 3. The minimum Gasteiger partial charge on any atom is -0.322 e. The van der Waals surface area contributed by atoms with Crippen molar-refractivity contribution in [2.24, 2.45) is 0 Å². The van der Waals surface area contributed by atoms with Crippen LogP contribution in [0.25, 0.3) is 0 Å². The zero-order valence-corrected chi connectivity index (χ0v) is 19.1. The minimum absolute atomic E-state index is 0.180. The highest BCUT2D eigenvalue weighted by Gasteiger charge is 2.39. The highest BCUT2D eigenvalue weighted by molar-refractivity contribution is 7.93. The van der Waals surface area contributed by atoms with Gasteiger partial charge in [-0.1, -0.05) is 24.3 Å². The number of carbonyl (C=O) groups excluding carboxylic acids is 3. The topological polar surface area (TPSA) is 104 Å². The van der Waals surface area contributed by atoms with Gasteiger partial charge >= 0.3 is 0 Å². The molecule has 3 aliphatic heterocycles. The maximum Gasteiger partial charge on any atom is 0.255 e. The van der Waals surface area contributed by atoms with Crippen LogP contribution in [-0.2, 0) is 26.2 Å². The van der Waals surface area contributed by atoms with E-state index in [4.69, 9.17) is 0 Å². The molecule has 0 radical (unpaired) electrons. The predicted octanol–water partition coefficient (Wildman–Crippen LogP) is 2.19. The normalized spacial score (nSPS) is 24.6. The van der Waals surface area contributed by atoms with Crippen LogP contribution in [0.5, 0.6) is 0 Å². The first-order valence-corrected chi connectivity index (χ1v) is 12.9. The number of rotatable bonds is 4. The Morgan fingerprint density at radius 3 is 2.48 bits per heavy atom. The van der Waals surface area contributed by atoms with Crippen LogP contribution < -0.4 is 5.32 Å². The summed E-state index contributed by atoms with van der Waals surface area (Å²) < 4.78 is 27.4. The molecule has 0 bridgehead atoms. The summed E-state index contributed by atoms with van der Waals surface area (Å²) in [4.78, 5) is 38.5. The standard InChI is InChI=1S/C24H27N3O5S/c28-22-9-8-21(23(29)25-22)27-15-18-14-17(6-7-20(18)24(27)30)16-10-12-26(13-11-16)33(31,32)19-4-2-1-3-5-19/h2,4-7,14,16,21H,1,3,8-13,15H2,(H,25,28,29). The van der Waals surface area contributed by atoms with Crippen molar-refractivity contribution in [1.82, 2.24) is 14.5 Å². The van der Waals surface area contributed by atoms with Crippen molar-refractivity contribution in [3.8, 4) is 0 Å². The maximum atomic E-state index is 12.9. The fraction of sp³-hybridized carbons (Fsp3) is 0.458. The minimum atomic E-state index is -3.44. The summed E-state index contributed by atoms with van der Waals surface area (Å²) in [5.41, 5.74) is 2.58. The van der Waals surface area contributed by atoms with Crippen molar-refractivity contribution in [1.29, 1.82) is 0 Å². The summed E-state index contributed by atoms with van der Waals surface area (Å²) in [5.74, 6) is -0.672. The van der Waals surface area contributed by atoms with Gasteiger partial charge in [-0.3, -0.25) is 19.7 Å². The second-order valence-corrected chi connectivity index (χ2v) is 11.0. The van der Waals surface area contributed by atoms with E-state index >= 15 is 0 Å². The zero-order valence-electron chi connectivity index (χ0n) is 18.3. The summed E-state index contributed by atoms with van der Waals surface area (Å²) >= 11 is 0. The van der Waals surface area contributed by atoms with E-state index in [-0.39, 0.29) is 24.2 Å². The lowest BCUT2D eigenvalue weighted by atomic mass is 9.88. The lowest BCUT2D eigenvalue weighted by Crippen LogP contribution is -2.52. The predicted molar refractivity (Wildman–Crippen MR) is 121 cm³/mol. The van der Waals surface area contributed by atoms with Gasteiger partial charge in [-0.25, -0.2) is 8.42 Å². The molecule has 3 amide bonds. The largest absolute Gasteiger partial charge is 0.322 e. The lowest BCUT2D eigenvalue weighted by Gasteiger charge is -2.32. The highest BCUT2D eigenvalue weighted by atomic mass is 32.2. The molecule has 4 aliphatic rings. The number of sulfonamides is 1. The molecule has 1 atom stereocenters. The Hall–Kier alpha value is -2.78. The number of piperidine rings is 2. The molecule has 3 heterocycles. The van der Waals surface area contributed by atoms with Crippen LogP contribution in [0.1, 0.15) is 65.9 Å². The molecule has 8 nitrogen and oxygen atoms in total. The second kappa shape index (κ2) is 8.53. The number of nitrogens with zero attached hydrogens (tertiary/aromatic N) is 2. The fourth-order valence-electron chi connectivity index (χ4n) is 5.21. The number of hydrogen-bond donors (Lipinski definition) is 1. The van der Waals surface area contributed by atoms with Crippen LogP contribution in [0.3, 0.4) is 0 Å². The Balaban J connectivity index is 1.27. The van der Waals surface area contributed by atoms with E-state index in [2.05, 4.69) is 5.32 Å². The summed E-state index contributed by atoms with van der Waals surface area (Å²) in [6.07, 6.45) is 9.06. The van der Waals surface area contributed by atoms with E-state index in [0.29, 0.717) is 36.5 Å². The number of fused-ring (bicyclic) bond motifs is 1. The van der Waals surface area contributed by atoms with E-state index < -0.39 is 22.0 Å². The molecular formula is C24H27N3O5S. The van der Waals surface area contributed by atoms with Gasteiger partial charge in [-0.2, -0.15) is 4.31 Å². The molecule has 1 unspecified atom stereocenters. The van der Waals surface area contributed by atoms with Crippen LogP contribution in [0, 0.1) is 0 Å². The van der Waals surface area contributed by atoms with Gasteiger partial charge in [0.1, 0.15) is 6.04 Å². The smallest absolute Gasteiger partial charge is 0.255 e. The third-order valence-corrected chi connectivity index (χ3v) is 9.02. The Bertz CT molecular complexity index is 1180. The van der Waals surface area contributed by atoms with Crippen molar-refractivity contribution >= 4 is 27.7 Å². The Morgan fingerprint density at radius 2 is 1.79 bits per heavy atom. The van der Waals surface area contributed by atoms with Crippen LogP contribution in [0.15, 0.2) is 41.3 Å². The van der Waals surface area contributed by atoms with Gasteiger partial charge in [-0.15, -0.1) is 0 Å². The average molecular weight is 470 g/mol. The third kappa shape index (κ3) is 4.04. The van der Waals surface area contributed by atoms with Gasteiger partial charge in [-0.05, 0) is 61.3 Å². The first kappa shape index (κ1) is 22.0. The average Bonchev–Trinajstić information content (AvgIpc) is 3.15. The number of nitrogens with one attached hydrogen (secondary N) is 1. The number of benzene rings is 1. The second-order valence-electron chi connectivity index (χ2n) is 9.08. The first-order chi connectivity index (χ1) is 15.8. The third-order valence-electron chi connectivity index (χ3n) is 7.07. The molecule has 1 N–H and O–H groups in total. The molecule has 0 aromatic heterocycles. The Labute approximate surface area is 193 Å². The molecule has 174 valence electrons. The summed E-state index contributed by atoms with van der Waals surface area (Å²) in [7, 11) is -3.44. The SMILES string of the molecule is O=C1CCC(N2Cc3cc(C4CCN(S(=O)(=O)C5=CCCC=C5)CC4)ccc3C2=O)C(=O)N1. The van der Waals surface area contributed by atoms with Crippen molar-refractivity contribution < 1.29 is 22.8 Å². The summed E-state index contributed by atoms with van der Waals surface area (Å²) in [6, 6.07) is 5.17. The first-order valence-electron chi connectivity index (χ1n) is 11.5. The molecule has 2 saturated heterocycles. The molecular weight excluding hydrogens is 442 g/mol. The molecule has 1 aromatic rings. The van der Waals surface area contributed by atoms with Gasteiger partial charge < -0.3 is 4.90 Å². The zero-order chi connectivity index (χ0) is 23.2. The van der Waals surface area contributed by atoms with Gasteiger partial charge in [0.25, 0.3) is 5.91 Å². The van der Waals surface area contributed by atoms with E-state index in [1.807, 2.05) is 24.3 Å². The van der Waals surface area contributed by atoms with E-state index in [0.717, 1.165) is 36.8 Å². The molecule has 1 aromatic carbocycles. The number of imide groups is 1. The van der Waals surface area contributed by atoms with E-state index in [9.17, 15) is 22.8 Å². The van der Waals surface area contributed by atoms with Gasteiger partial charge in [0, 0.05) is 31.6 Å². The van der Waals surface area contributed by atoms with Crippen LogP contribution in [0.2, 0.25) is 0 Å². The van der Waals surface area contributed by atoms with E-state index in [1.54, 1.807) is 21.4 Å². The van der Waals surface area contributed by atoms with Crippen molar-refractivity contribution in [3.63, 3.8) is 0 Å². The molecule has 0 spiro atoms. The van der Waals surface area contributed by atoms with Crippen LogP contribution >= 0.6 is 0 Å². The summed E-state index contributed by atoms with van der Waals surface area (Å²) in [6.45, 7) is 1.29. The lowest BCUT2D eigenvalue weighted by molar-refractivity contribution is -0.136. The van der Waals surface area contributed by atoms with Crippen molar-refractivity contribution in [3.05, 3.63) is 58.0 Å². The number of allylic oxidation sites excluding steroid dienone is 3.